The maximum atomic E-state index is 7.45. The van der Waals surface area contributed by atoms with E-state index < -0.39 is 0 Å². The molecule has 0 unspecified atom stereocenters. The lowest BCUT2D eigenvalue weighted by Gasteiger charge is -2.02. The molecule has 0 radical (unpaired) electrons. The molecule has 3 nitrogen and oxygen atoms in total. The molecule has 0 aromatic carbocycles. The van der Waals surface area contributed by atoms with Gasteiger partial charge < -0.3 is 0 Å². The van der Waals surface area contributed by atoms with Gasteiger partial charge in [-0.1, -0.05) is 25.8 Å². The fourth-order valence-electron chi connectivity index (χ4n) is 0.673. The summed E-state index contributed by atoms with van der Waals surface area (Å²) in [6, 6.07) is 0. The molecule has 0 aliphatic rings. The third-order valence-electron chi connectivity index (χ3n) is 1.51. The van der Waals surface area contributed by atoms with E-state index in [9.17, 15) is 0 Å². The van der Waals surface area contributed by atoms with Gasteiger partial charge in [-0.25, -0.2) is 0 Å². The highest BCUT2D eigenvalue weighted by atomic mass is 15.3. The Morgan fingerprint density at radius 1 is 1.21 bits per heavy atom. The summed E-state index contributed by atoms with van der Waals surface area (Å²) in [5.41, 5.74) is 4.21. The summed E-state index contributed by atoms with van der Waals surface area (Å²) in [5.74, 6) is 0. The Morgan fingerprint density at radius 3 is 2.21 bits per heavy atom. The Bertz CT molecular complexity index is 308. The van der Waals surface area contributed by atoms with Crippen molar-refractivity contribution in [1.29, 1.82) is 5.41 Å². The van der Waals surface area contributed by atoms with Crippen LogP contribution in [0.2, 0.25) is 0 Å². The Kier molecular flexibility index (Phi) is 5.70. The molecule has 0 atom stereocenters. The lowest BCUT2D eigenvalue weighted by Crippen LogP contribution is -2.13. The highest BCUT2D eigenvalue weighted by Gasteiger charge is 1.97. The van der Waals surface area contributed by atoms with Crippen molar-refractivity contribution in [2.45, 2.75) is 6.92 Å². The van der Waals surface area contributed by atoms with Crippen LogP contribution in [0, 0.1) is 5.41 Å². The minimum atomic E-state index is 0.229. The van der Waals surface area contributed by atoms with E-state index in [2.05, 4.69) is 30.3 Å². The predicted molar refractivity (Wildman–Crippen MR) is 62.6 cm³/mol. The second-order valence-corrected chi connectivity index (χ2v) is 2.38. The van der Waals surface area contributed by atoms with Crippen LogP contribution in [-0.2, 0) is 0 Å². The summed E-state index contributed by atoms with van der Waals surface area (Å²) in [6.07, 6.45) is 6.37. The van der Waals surface area contributed by atoms with Crippen LogP contribution < -0.4 is 5.43 Å². The largest absolute Gasteiger partial charge is 0.299 e. The lowest BCUT2D eigenvalue weighted by molar-refractivity contribution is 0.919. The van der Waals surface area contributed by atoms with Crippen LogP contribution >= 0.6 is 0 Å². The van der Waals surface area contributed by atoms with E-state index in [0.29, 0.717) is 5.71 Å². The zero-order valence-electron chi connectivity index (χ0n) is 8.38. The van der Waals surface area contributed by atoms with Gasteiger partial charge in [-0.3, -0.25) is 10.8 Å². The molecule has 0 saturated carbocycles. The van der Waals surface area contributed by atoms with E-state index in [-0.39, 0.29) is 5.71 Å². The van der Waals surface area contributed by atoms with Crippen LogP contribution in [-0.4, -0.2) is 11.4 Å². The number of hydrogen-bond donors (Lipinski definition) is 2. The fraction of sp³-hybridized carbons (Fsp3) is 0.0909. The summed E-state index contributed by atoms with van der Waals surface area (Å²) in [4.78, 5) is 0. The maximum Gasteiger partial charge on any atom is 0.108 e. The van der Waals surface area contributed by atoms with Gasteiger partial charge in [-0.15, -0.1) is 0 Å². The number of hydrogen-bond acceptors (Lipinski definition) is 3. The Morgan fingerprint density at radius 2 is 1.86 bits per heavy atom. The number of rotatable bonds is 6. The maximum absolute atomic E-state index is 7.45. The molecule has 0 bridgehead atoms. The Balaban J connectivity index is 4.62. The second kappa shape index (κ2) is 6.60. The molecule has 14 heavy (non-hydrogen) atoms. The predicted octanol–water partition coefficient (Wildman–Crippen LogP) is 2.41. The molecule has 0 aromatic heterocycles. The van der Waals surface area contributed by atoms with Crippen molar-refractivity contribution in [3.63, 3.8) is 0 Å². The summed E-state index contributed by atoms with van der Waals surface area (Å²) in [5, 5.41) is 11.4. The molecule has 0 aliphatic carbocycles. The van der Waals surface area contributed by atoms with Crippen molar-refractivity contribution < 1.29 is 0 Å². The van der Waals surface area contributed by atoms with Crippen LogP contribution in [0.4, 0.5) is 0 Å². The van der Waals surface area contributed by atoms with Gasteiger partial charge in [0.05, 0.1) is 11.4 Å². The van der Waals surface area contributed by atoms with Crippen LogP contribution in [0.1, 0.15) is 6.92 Å². The number of hydrazone groups is 1. The standard InChI is InChI=1S/C11H15N3/c1-5-9(6-2)13-14-11(8-4)10(12)7-3/h5-8,12-13H,1,3-4H2,2H3/b9-6+,12-10?,14-11-. The van der Waals surface area contributed by atoms with Crippen molar-refractivity contribution in [3.05, 3.63) is 49.7 Å². The SMILES string of the molecule is C=CC(=N)/C(C=C)=N\N/C(C=C)=C/C. The topological polar surface area (TPSA) is 48.2 Å². The van der Waals surface area contributed by atoms with Gasteiger partial charge in [0.2, 0.25) is 0 Å². The summed E-state index contributed by atoms with van der Waals surface area (Å²) < 4.78 is 0. The summed E-state index contributed by atoms with van der Waals surface area (Å²) in [7, 11) is 0. The molecule has 0 saturated heterocycles. The first-order chi connectivity index (χ1) is 6.69. The average Bonchev–Trinajstić information content (AvgIpc) is 2.24. The fourth-order valence-corrected chi connectivity index (χ4v) is 0.673. The second-order valence-electron chi connectivity index (χ2n) is 2.38. The quantitative estimate of drug-likeness (QED) is 0.376. The van der Waals surface area contributed by atoms with E-state index in [4.69, 9.17) is 5.41 Å². The smallest absolute Gasteiger partial charge is 0.108 e. The van der Waals surface area contributed by atoms with Crippen LogP contribution in [0.25, 0.3) is 0 Å². The highest BCUT2D eigenvalue weighted by molar-refractivity contribution is 6.48. The normalized spacial score (nSPS) is 11.8. The average molecular weight is 189 g/mol. The minimum absolute atomic E-state index is 0.229. The van der Waals surface area contributed by atoms with Gasteiger partial charge in [0.25, 0.3) is 0 Å². The number of nitrogens with zero attached hydrogens (tertiary/aromatic N) is 1. The monoisotopic (exact) mass is 189 g/mol. The van der Waals surface area contributed by atoms with Crippen molar-refractivity contribution in [3.8, 4) is 0 Å². The van der Waals surface area contributed by atoms with E-state index in [0.717, 1.165) is 5.70 Å². The van der Waals surface area contributed by atoms with Crippen LogP contribution in [0.3, 0.4) is 0 Å². The molecule has 0 aromatic rings. The third kappa shape index (κ3) is 3.67. The number of allylic oxidation sites excluding steroid dienone is 4. The van der Waals surface area contributed by atoms with Gasteiger partial charge in [-0.05, 0) is 25.2 Å². The molecule has 0 rings (SSSR count). The third-order valence-corrected chi connectivity index (χ3v) is 1.51. The highest BCUT2D eigenvalue weighted by Crippen LogP contribution is 1.91. The van der Waals surface area contributed by atoms with Gasteiger partial charge >= 0.3 is 0 Å². The van der Waals surface area contributed by atoms with E-state index in [1.807, 2.05) is 13.0 Å². The Hall–Kier alpha value is -1.90. The molecular weight excluding hydrogens is 174 g/mol. The molecule has 3 heteroatoms. The van der Waals surface area contributed by atoms with E-state index >= 15 is 0 Å². The zero-order chi connectivity index (χ0) is 11.0. The first-order valence-corrected chi connectivity index (χ1v) is 4.15. The molecule has 2 N–H and O–H groups in total. The van der Waals surface area contributed by atoms with Crippen molar-refractivity contribution in [2.75, 3.05) is 0 Å². The van der Waals surface area contributed by atoms with Gasteiger partial charge in [0, 0.05) is 0 Å². The van der Waals surface area contributed by atoms with Crippen molar-refractivity contribution in [1.82, 2.24) is 5.43 Å². The van der Waals surface area contributed by atoms with Crippen LogP contribution in [0.15, 0.2) is 54.8 Å². The molecule has 0 aliphatic heterocycles. The lowest BCUT2D eigenvalue weighted by atomic mass is 10.2. The van der Waals surface area contributed by atoms with Gasteiger partial charge in [0.15, 0.2) is 0 Å². The molecule has 0 heterocycles. The van der Waals surface area contributed by atoms with Crippen LogP contribution in [0.5, 0.6) is 0 Å². The number of nitrogens with one attached hydrogen (secondary N) is 2. The van der Waals surface area contributed by atoms with Gasteiger partial charge in [0.1, 0.15) is 5.71 Å². The summed E-state index contributed by atoms with van der Waals surface area (Å²) in [6.45, 7) is 12.5. The first kappa shape index (κ1) is 12.1. The molecule has 0 amide bonds. The molecule has 0 spiro atoms. The zero-order valence-corrected chi connectivity index (χ0v) is 8.38. The minimum Gasteiger partial charge on any atom is -0.299 e. The molecular formula is C11H15N3. The molecule has 0 fully saturated rings. The Labute approximate surface area is 84.7 Å². The molecule has 74 valence electrons. The summed E-state index contributed by atoms with van der Waals surface area (Å²) >= 11 is 0. The van der Waals surface area contributed by atoms with E-state index in [1.165, 1.54) is 12.2 Å². The van der Waals surface area contributed by atoms with Gasteiger partial charge in [-0.2, -0.15) is 5.10 Å². The van der Waals surface area contributed by atoms with E-state index in [1.54, 1.807) is 6.08 Å². The first-order valence-electron chi connectivity index (χ1n) is 4.15. The van der Waals surface area contributed by atoms with Crippen molar-refractivity contribution in [2.24, 2.45) is 5.10 Å². The van der Waals surface area contributed by atoms with Crippen molar-refractivity contribution >= 4 is 11.4 Å².